The molecule has 0 saturated carbocycles. The van der Waals surface area contributed by atoms with Crippen LogP contribution in [0.4, 0.5) is 5.69 Å². The first-order valence-electron chi connectivity index (χ1n) is 6.28. The fraction of sp³-hybridized carbons (Fsp3) is 0.188. The third-order valence-electron chi connectivity index (χ3n) is 2.93. The van der Waals surface area contributed by atoms with Crippen LogP contribution in [0.1, 0.15) is 15.9 Å². The first-order valence-corrected chi connectivity index (χ1v) is 6.28. The summed E-state index contributed by atoms with van der Waals surface area (Å²) >= 11 is 0. The summed E-state index contributed by atoms with van der Waals surface area (Å²) in [4.78, 5) is 12.7. The Morgan fingerprint density at radius 1 is 1.20 bits per heavy atom. The zero-order chi connectivity index (χ0) is 14.5. The van der Waals surface area contributed by atoms with Crippen LogP contribution in [-0.4, -0.2) is 25.5 Å². The summed E-state index contributed by atoms with van der Waals surface area (Å²) < 4.78 is 5.62. The highest BCUT2D eigenvalue weighted by atomic mass is 16.5. The van der Waals surface area contributed by atoms with Gasteiger partial charge in [0.15, 0.2) is 11.5 Å². The number of carbonyl (C=O) groups is 1. The van der Waals surface area contributed by atoms with Gasteiger partial charge in [0.1, 0.15) is 12.9 Å². The molecule has 0 atom stereocenters. The van der Waals surface area contributed by atoms with Crippen LogP contribution in [0.25, 0.3) is 0 Å². The van der Waals surface area contributed by atoms with E-state index in [1.54, 1.807) is 25.1 Å². The van der Waals surface area contributed by atoms with Gasteiger partial charge >= 0.3 is 0 Å². The lowest BCUT2D eigenvalue weighted by atomic mass is 10.1. The lowest BCUT2D eigenvalue weighted by molar-refractivity contribution is 0.112. The molecule has 0 spiro atoms. The Kier molecular flexibility index (Phi) is 4.25. The Morgan fingerprint density at radius 2 is 1.90 bits per heavy atom. The number of aldehydes is 1. The number of phenolic OH excluding ortho intramolecular Hbond substituents is 1. The number of rotatable bonds is 5. The molecule has 0 aliphatic heterocycles. The van der Waals surface area contributed by atoms with E-state index in [-0.39, 0.29) is 5.75 Å². The van der Waals surface area contributed by atoms with Gasteiger partial charge in [0.2, 0.25) is 0 Å². The largest absolute Gasteiger partial charge is 0.503 e. The lowest BCUT2D eigenvalue weighted by Crippen LogP contribution is -2.10. The lowest BCUT2D eigenvalue weighted by Gasteiger charge is -2.17. The van der Waals surface area contributed by atoms with Crippen LogP contribution in [0.5, 0.6) is 11.5 Å². The molecule has 2 rings (SSSR count). The Bertz CT molecular complexity index is 594. The van der Waals surface area contributed by atoms with E-state index in [9.17, 15) is 9.90 Å². The molecule has 0 aliphatic carbocycles. The highest BCUT2D eigenvalue weighted by Gasteiger charge is 2.13. The van der Waals surface area contributed by atoms with Gasteiger partial charge in [-0.05, 0) is 17.7 Å². The summed E-state index contributed by atoms with van der Waals surface area (Å²) in [5, 5.41) is 10.2. The quantitative estimate of drug-likeness (QED) is 0.850. The van der Waals surface area contributed by atoms with E-state index in [0.717, 1.165) is 11.8 Å². The standard InChI is InChI=1S/C16H17NO3/c1-17(2)14-8-13(10-18)9-15(16(14)19)20-11-12-6-4-3-5-7-12/h3-10,19H,11H2,1-2H3. The maximum absolute atomic E-state index is 11.0. The summed E-state index contributed by atoms with van der Waals surface area (Å²) in [5.41, 5.74) is 2.02. The molecular formula is C16H17NO3. The number of carbonyl (C=O) groups excluding carboxylic acids is 1. The molecule has 0 heterocycles. The van der Waals surface area contributed by atoms with Crippen molar-refractivity contribution >= 4 is 12.0 Å². The van der Waals surface area contributed by atoms with Gasteiger partial charge in [0.25, 0.3) is 0 Å². The van der Waals surface area contributed by atoms with Crippen molar-refractivity contribution in [1.82, 2.24) is 0 Å². The minimum atomic E-state index is 0.0385. The fourth-order valence-electron chi connectivity index (χ4n) is 1.87. The number of ether oxygens (including phenoxy) is 1. The molecule has 0 aromatic heterocycles. The zero-order valence-electron chi connectivity index (χ0n) is 11.5. The predicted molar refractivity (Wildman–Crippen MR) is 78.6 cm³/mol. The molecule has 2 aromatic carbocycles. The first kappa shape index (κ1) is 13.9. The average Bonchev–Trinajstić information content (AvgIpc) is 2.47. The molecule has 0 fully saturated rings. The van der Waals surface area contributed by atoms with E-state index < -0.39 is 0 Å². The summed E-state index contributed by atoms with van der Waals surface area (Å²) in [5.74, 6) is 0.346. The van der Waals surface area contributed by atoms with E-state index in [1.165, 1.54) is 6.07 Å². The molecule has 2 aromatic rings. The Labute approximate surface area is 118 Å². The summed E-state index contributed by atoms with van der Waals surface area (Å²) in [7, 11) is 3.59. The Morgan fingerprint density at radius 3 is 2.50 bits per heavy atom. The number of benzene rings is 2. The van der Waals surface area contributed by atoms with Crippen molar-refractivity contribution in [3.8, 4) is 11.5 Å². The van der Waals surface area contributed by atoms with Crippen molar-refractivity contribution in [3.05, 3.63) is 53.6 Å². The smallest absolute Gasteiger partial charge is 0.181 e. The van der Waals surface area contributed by atoms with Gasteiger partial charge in [0, 0.05) is 19.7 Å². The number of hydrogen-bond acceptors (Lipinski definition) is 4. The molecule has 0 saturated heterocycles. The summed E-state index contributed by atoms with van der Waals surface area (Å²) in [6.45, 7) is 0.337. The second-order valence-electron chi connectivity index (χ2n) is 4.67. The van der Waals surface area contributed by atoms with E-state index in [0.29, 0.717) is 23.6 Å². The minimum Gasteiger partial charge on any atom is -0.503 e. The fourth-order valence-corrected chi connectivity index (χ4v) is 1.87. The van der Waals surface area contributed by atoms with Crippen molar-refractivity contribution in [1.29, 1.82) is 0 Å². The third kappa shape index (κ3) is 3.09. The molecule has 0 unspecified atom stereocenters. The van der Waals surface area contributed by atoms with E-state index >= 15 is 0 Å². The maximum Gasteiger partial charge on any atom is 0.181 e. The molecular weight excluding hydrogens is 254 g/mol. The Hall–Kier alpha value is -2.49. The van der Waals surface area contributed by atoms with Crippen molar-refractivity contribution in [2.75, 3.05) is 19.0 Å². The molecule has 0 aliphatic rings. The van der Waals surface area contributed by atoms with Crippen molar-refractivity contribution in [3.63, 3.8) is 0 Å². The first-order chi connectivity index (χ1) is 9.61. The molecule has 0 bridgehead atoms. The highest BCUT2D eigenvalue weighted by molar-refractivity contribution is 5.81. The number of anilines is 1. The molecule has 0 amide bonds. The van der Waals surface area contributed by atoms with Gasteiger partial charge in [-0.2, -0.15) is 0 Å². The van der Waals surface area contributed by atoms with Crippen LogP contribution in [0.2, 0.25) is 0 Å². The third-order valence-corrected chi connectivity index (χ3v) is 2.93. The second-order valence-corrected chi connectivity index (χ2v) is 4.67. The number of phenols is 1. The SMILES string of the molecule is CN(C)c1cc(C=O)cc(OCc2ccccc2)c1O. The van der Waals surface area contributed by atoms with Crippen LogP contribution < -0.4 is 9.64 Å². The van der Waals surface area contributed by atoms with Crippen molar-refractivity contribution in [2.24, 2.45) is 0 Å². The summed E-state index contributed by atoms with van der Waals surface area (Å²) in [6.07, 6.45) is 0.738. The van der Waals surface area contributed by atoms with Crippen molar-refractivity contribution < 1.29 is 14.6 Å². The van der Waals surface area contributed by atoms with Crippen LogP contribution in [0.15, 0.2) is 42.5 Å². The van der Waals surface area contributed by atoms with Gasteiger partial charge in [-0.1, -0.05) is 30.3 Å². The van der Waals surface area contributed by atoms with Crippen LogP contribution >= 0.6 is 0 Å². The van der Waals surface area contributed by atoms with Gasteiger partial charge in [-0.15, -0.1) is 0 Å². The van der Waals surface area contributed by atoms with Gasteiger partial charge in [0.05, 0.1) is 5.69 Å². The minimum absolute atomic E-state index is 0.0385. The van der Waals surface area contributed by atoms with Crippen molar-refractivity contribution in [2.45, 2.75) is 6.61 Å². The van der Waals surface area contributed by atoms with Crippen LogP contribution in [0.3, 0.4) is 0 Å². The molecule has 1 N–H and O–H groups in total. The summed E-state index contributed by atoms with van der Waals surface area (Å²) in [6, 6.07) is 12.8. The van der Waals surface area contributed by atoms with Gasteiger partial charge in [-0.3, -0.25) is 4.79 Å². The molecule has 20 heavy (non-hydrogen) atoms. The van der Waals surface area contributed by atoms with Crippen LogP contribution in [-0.2, 0) is 6.61 Å². The van der Waals surface area contributed by atoms with Crippen LogP contribution in [0, 0.1) is 0 Å². The monoisotopic (exact) mass is 271 g/mol. The van der Waals surface area contributed by atoms with E-state index in [1.807, 2.05) is 30.3 Å². The second kappa shape index (κ2) is 6.10. The van der Waals surface area contributed by atoms with Gasteiger partial charge < -0.3 is 14.7 Å². The Balaban J connectivity index is 2.26. The zero-order valence-corrected chi connectivity index (χ0v) is 11.5. The predicted octanol–water partition coefficient (Wildman–Crippen LogP) is 2.85. The topological polar surface area (TPSA) is 49.8 Å². The maximum atomic E-state index is 11.0. The normalized spacial score (nSPS) is 10.1. The number of aromatic hydroxyl groups is 1. The molecule has 4 nitrogen and oxygen atoms in total. The van der Waals surface area contributed by atoms with E-state index in [2.05, 4.69) is 0 Å². The van der Waals surface area contributed by atoms with Gasteiger partial charge in [-0.25, -0.2) is 0 Å². The number of hydrogen-bond donors (Lipinski definition) is 1. The highest BCUT2D eigenvalue weighted by Crippen LogP contribution is 2.37. The molecule has 0 radical (unpaired) electrons. The molecule has 4 heteroatoms. The molecule has 104 valence electrons. The average molecular weight is 271 g/mol. The van der Waals surface area contributed by atoms with E-state index in [4.69, 9.17) is 4.74 Å². The number of nitrogens with zero attached hydrogens (tertiary/aromatic N) is 1.